The summed E-state index contributed by atoms with van der Waals surface area (Å²) in [5, 5.41) is 8.89. The zero-order valence-corrected chi connectivity index (χ0v) is 14.3. The van der Waals surface area contributed by atoms with Gasteiger partial charge >= 0.3 is 5.97 Å². The van der Waals surface area contributed by atoms with Gasteiger partial charge < -0.3 is 5.11 Å². The summed E-state index contributed by atoms with van der Waals surface area (Å²) in [5.74, 6) is -1.82. The molecule has 5 nitrogen and oxygen atoms in total. The van der Waals surface area contributed by atoms with E-state index >= 15 is 0 Å². The molecule has 0 aliphatic heterocycles. The Kier molecular flexibility index (Phi) is 5.51. The van der Waals surface area contributed by atoms with Crippen molar-refractivity contribution in [1.82, 2.24) is 4.72 Å². The molecule has 0 spiro atoms. The Bertz CT molecular complexity index is 640. The number of halogens is 2. The standard InChI is InChI=1S/C13H17BrFNO4S/c1-13(2,3)11(7-12(17)18)16-21(19,20)8-4-5-9(14)10(15)6-8/h4-6,11,16H,7H2,1-3H3,(H,17,18). The maximum atomic E-state index is 13.5. The van der Waals surface area contributed by atoms with Crippen LogP contribution in [0.3, 0.4) is 0 Å². The molecule has 1 aromatic rings. The van der Waals surface area contributed by atoms with E-state index in [1.165, 1.54) is 12.1 Å². The van der Waals surface area contributed by atoms with Crippen molar-refractivity contribution in [2.24, 2.45) is 5.41 Å². The van der Waals surface area contributed by atoms with Gasteiger partial charge in [0, 0.05) is 6.04 Å². The largest absolute Gasteiger partial charge is 0.481 e. The molecule has 1 unspecified atom stereocenters. The molecule has 0 heterocycles. The van der Waals surface area contributed by atoms with Crippen LogP contribution in [0.5, 0.6) is 0 Å². The molecule has 0 saturated carbocycles. The molecule has 0 bridgehead atoms. The van der Waals surface area contributed by atoms with Crippen LogP contribution < -0.4 is 4.72 Å². The minimum atomic E-state index is -4.00. The van der Waals surface area contributed by atoms with E-state index in [1.807, 2.05) is 0 Å². The zero-order chi connectivity index (χ0) is 16.4. The summed E-state index contributed by atoms with van der Waals surface area (Å²) in [5.41, 5.74) is -0.598. The third-order valence-electron chi connectivity index (χ3n) is 2.92. The summed E-state index contributed by atoms with van der Waals surface area (Å²) in [6, 6.07) is 2.60. The topological polar surface area (TPSA) is 83.5 Å². The molecular formula is C13H17BrFNO4S. The lowest BCUT2D eigenvalue weighted by molar-refractivity contribution is -0.138. The van der Waals surface area contributed by atoms with Crippen LogP contribution in [0, 0.1) is 11.2 Å². The highest BCUT2D eigenvalue weighted by Gasteiger charge is 2.31. The number of carboxylic acid groups (broad SMARTS) is 1. The highest BCUT2D eigenvalue weighted by molar-refractivity contribution is 9.10. The van der Waals surface area contributed by atoms with Crippen molar-refractivity contribution in [2.45, 2.75) is 38.1 Å². The van der Waals surface area contributed by atoms with E-state index in [0.717, 1.165) is 6.07 Å². The van der Waals surface area contributed by atoms with Crippen LogP contribution in [0.25, 0.3) is 0 Å². The first-order valence-electron chi connectivity index (χ1n) is 6.12. The van der Waals surface area contributed by atoms with Crippen LogP contribution in [0.15, 0.2) is 27.6 Å². The fraction of sp³-hybridized carbons (Fsp3) is 0.462. The lowest BCUT2D eigenvalue weighted by atomic mass is 9.85. The molecule has 1 rings (SSSR count). The number of sulfonamides is 1. The minimum Gasteiger partial charge on any atom is -0.481 e. The van der Waals surface area contributed by atoms with Crippen LogP contribution in [-0.2, 0) is 14.8 Å². The second-order valence-corrected chi connectivity index (χ2v) is 8.28. The summed E-state index contributed by atoms with van der Waals surface area (Å²) in [7, 11) is -4.00. The van der Waals surface area contributed by atoms with E-state index in [2.05, 4.69) is 20.7 Å². The van der Waals surface area contributed by atoms with Crippen molar-refractivity contribution in [2.75, 3.05) is 0 Å². The zero-order valence-electron chi connectivity index (χ0n) is 11.9. The molecule has 0 aliphatic carbocycles. The highest BCUT2D eigenvalue weighted by atomic mass is 79.9. The fourth-order valence-electron chi connectivity index (χ4n) is 1.60. The van der Waals surface area contributed by atoms with Crippen molar-refractivity contribution in [3.05, 3.63) is 28.5 Å². The van der Waals surface area contributed by atoms with Crippen molar-refractivity contribution in [1.29, 1.82) is 0 Å². The van der Waals surface area contributed by atoms with Gasteiger partial charge in [-0.1, -0.05) is 20.8 Å². The SMILES string of the molecule is CC(C)(C)C(CC(=O)O)NS(=O)(=O)c1ccc(Br)c(F)c1. The molecule has 21 heavy (non-hydrogen) atoms. The Morgan fingerprint density at radius 2 is 2.00 bits per heavy atom. The van der Waals surface area contributed by atoms with Gasteiger partial charge in [-0.05, 0) is 39.5 Å². The Balaban J connectivity index is 3.11. The summed E-state index contributed by atoms with van der Waals surface area (Å²) in [6.07, 6.45) is -0.359. The van der Waals surface area contributed by atoms with Gasteiger partial charge in [0.25, 0.3) is 0 Å². The number of hydrogen-bond donors (Lipinski definition) is 2. The van der Waals surface area contributed by atoms with Gasteiger partial charge in [0.05, 0.1) is 15.8 Å². The van der Waals surface area contributed by atoms with Gasteiger partial charge in [0.1, 0.15) is 5.82 Å². The second kappa shape index (κ2) is 6.41. The van der Waals surface area contributed by atoms with E-state index in [0.29, 0.717) is 0 Å². The monoisotopic (exact) mass is 381 g/mol. The smallest absolute Gasteiger partial charge is 0.304 e. The molecule has 0 fully saturated rings. The molecule has 0 saturated heterocycles. The maximum Gasteiger partial charge on any atom is 0.304 e. The van der Waals surface area contributed by atoms with Crippen molar-refractivity contribution < 1.29 is 22.7 Å². The van der Waals surface area contributed by atoms with E-state index in [9.17, 15) is 17.6 Å². The lowest BCUT2D eigenvalue weighted by Gasteiger charge is -2.30. The molecule has 2 N–H and O–H groups in total. The third kappa shape index (κ3) is 5.05. The number of nitrogens with one attached hydrogen (secondary N) is 1. The second-order valence-electron chi connectivity index (χ2n) is 5.71. The number of rotatable bonds is 5. The van der Waals surface area contributed by atoms with Crippen molar-refractivity contribution in [3.63, 3.8) is 0 Å². The first-order chi connectivity index (χ1) is 9.43. The quantitative estimate of drug-likeness (QED) is 0.821. The first kappa shape index (κ1) is 18.1. The van der Waals surface area contributed by atoms with Crippen molar-refractivity contribution in [3.8, 4) is 0 Å². The summed E-state index contributed by atoms with van der Waals surface area (Å²) in [4.78, 5) is 10.6. The van der Waals surface area contributed by atoms with Gasteiger partial charge in [-0.2, -0.15) is 0 Å². The van der Waals surface area contributed by atoms with Gasteiger partial charge in [-0.3, -0.25) is 4.79 Å². The maximum absolute atomic E-state index is 13.5. The highest BCUT2D eigenvalue weighted by Crippen LogP contribution is 2.25. The summed E-state index contributed by atoms with van der Waals surface area (Å²) >= 11 is 2.94. The van der Waals surface area contributed by atoms with E-state index < -0.39 is 33.3 Å². The van der Waals surface area contributed by atoms with Gasteiger partial charge in [0.2, 0.25) is 10.0 Å². The predicted molar refractivity (Wildman–Crippen MR) is 79.9 cm³/mol. The number of carboxylic acids is 1. The van der Waals surface area contributed by atoms with Crippen LogP contribution in [0.4, 0.5) is 4.39 Å². The van der Waals surface area contributed by atoms with Gasteiger partial charge in [0.15, 0.2) is 0 Å². The molecule has 0 aromatic heterocycles. The average molecular weight is 382 g/mol. The molecule has 1 atom stereocenters. The Morgan fingerprint density at radius 1 is 1.43 bits per heavy atom. The molecular weight excluding hydrogens is 365 g/mol. The van der Waals surface area contributed by atoms with Crippen molar-refractivity contribution >= 4 is 31.9 Å². The Hall–Kier alpha value is -0.990. The van der Waals surface area contributed by atoms with Crippen LogP contribution >= 0.6 is 15.9 Å². The first-order valence-corrected chi connectivity index (χ1v) is 8.40. The molecule has 1 aromatic carbocycles. The van der Waals surface area contributed by atoms with Crippen LogP contribution in [-0.4, -0.2) is 25.5 Å². The molecule has 8 heteroatoms. The molecule has 118 valence electrons. The van der Waals surface area contributed by atoms with Gasteiger partial charge in [-0.25, -0.2) is 17.5 Å². The minimum absolute atomic E-state index is 0.152. The fourth-order valence-corrected chi connectivity index (χ4v) is 3.30. The number of aliphatic carboxylic acids is 1. The summed E-state index contributed by atoms with van der Waals surface area (Å²) < 4.78 is 40.4. The third-order valence-corrected chi connectivity index (χ3v) is 5.04. The Labute approximate surface area is 131 Å². The van der Waals surface area contributed by atoms with Crippen LogP contribution in [0.2, 0.25) is 0 Å². The lowest BCUT2D eigenvalue weighted by Crippen LogP contribution is -2.44. The number of carbonyl (C=O) groups is 1. The average Bonchev–Trinajstić information content (AvgIpc) is 2.29. The summed E-state index contributed by atoms with van der Waals surface area (Å²) in [6.45, 7) is 5.18. The van der Waals surface area contributed by atoms with Crippen LogP contribution in [0.1, 0.15) is 27.2 Å². The number of benzene rings is 1. The number of hydrogen-bond acceptors (Lipinski definition) is 3. The normalized spacial score (nSPS) is 14.0. The Morgan fingerprint density at radius 3 is 2.43 bits per heavy atom. The van der Waals surface area contributed by atoms with E-state index in [4.69, 9.17) is 5.11 Å². The van der Waals surface area contributed by atoms with E-state index in [1.54, 1.807) is 20.8 Å². The van der Waals surface area contributed by atoms with E-state index in [-0.39, 0.29) is 15.8 Å². The molecule has 0 radical (unpaired) electrons. The van der Waals surface area contributed by atoms with Gasteiger partial charge in [-0.15, -0.1) is 0 Å². The predicted octanol–water partition coefficient (Wildman–Crippen LogP) is 2.76. The molecule has 0 aliphatic rings. The molecule has 0 amide bonds.